The van der Waals surface area contributed by atoms with Crippen molar-refractivity contribution in [3.8, 4) is 0 Å². The Balaban J connectivity index is 4.82. The summed E-state index contributed by atoms with van der Waals surface area (Å²) in [5, 5.41) is 7.45. The van der Waals surface area contributed by atoms with Gasteiger partial charge in [0, 0.05) is 13.1 Å². The summed E-state index contributed by atoms with van der Waals surface area (Å²) in [7, 11) is -8.59. The maximum Gasteiger partial charge on any atom is 0.281 e. The van der Waals surface area contributed by atoms with E-state index in [0.717, 1.165) is 4.90 Å². The summed E-state index contributed by atoms with van der Waals surface area (Å²) in [6.07, 6.45) is 0.0321. The molecule has 0 aromatic heterocycles. The highest BCUT2D eigenvalue weighted by Crippen LogP contribution is 2.10. The summed E-state index contributed by atoms with van der Waals surface area (Å²) in [4.78, 5) is 1.09. The normalized spacial score (nSPS) is 15.1. The molecule has 0 fully saturated rings. The lowest BCUT2D eigenvalue weighted by Gasteiger charge is -2.27. The van der Waals surface area contributed by atoms with Gasteiger partial charge in [0.2, 0.25) is 0 Å². The molecule has 0 saturated carbocycles. The minimum absolute atomic E-state index is 0.0321. The van der Waals surface area contributed by atoms with Gasteiger partial charge >= 0.3 is 0 Å². The third-order valence-electron chi connectivity index (χ3n) is 2.12. The van der Waals surface area contributed by atoms with Crippen molar-refractivity contribution in [3.63, 3.8) is 0 Å². The van der Waals surface area contributed by atoms with E-state index in [1.165, 1.54) is 6.92 Å². The smallest absolute Gasteiger partial charge is 0.281 e. The van der Waals surface area contributed by atoms with Gasteiger partial charge < -0.3 is 5.11 Å². The van der Waals surface area contributed by atoms with E-state index in [2.05, 4.69) is 0 Å². The van der Waals surface area contributed by atoms with E-state index in [-0.39, 0.29) is 19.5 Å². The summed E-state index contributed by atoms with van der Waals surface area (Å²) in [6, 6.07) is 0. The Bertz CT molecular complexity index is 416. The maximum atomic E-state index is 11.0. The van der Waals surface area contributed by atoms with Crippen molar-refractivity contribution in [1.29, 1.82) is 0 Å². The number of aliphatic hydroxyl groups is 1. The first-order valence-electron chi connectivity index (χ1n) is 4.88. The molecule has 8 nitrogen and oxygen atoms in total. The van der Waals surface area contributed by atoms with Gasteiger partial charge in [0.05, 0.1) is 12.4 Å². The van der Waals surface area contributed by atoms with Crippen LogP contribution < -0.4 is 0 Å². The zero-order chi connectivity index (χ0) is 13.7. The Hall–Kier alpha value is -0.260. The van der Waals surface area contributed by atoms with Crippen LogP contribution in [0.4, 0.5) is 0 Å². The standard InChI is InChI=1S/C7H17NO7S2/c1-2-7(17(13,14)15)8(3-5-9)4-6-16(10,11)12/h7,9H,2-6H2,1H3,(H,10,11,12)(H,13,14,15). The van der Waals surface area contributed by atoms with Gasteiger partial charge in [-0.15, -0.1) is 0 Å². The minimum atomic E-state index is -4.37. The largest absolute Gasteiger partial charge is 0.395 e. The van der Waals surface area contributed by atoms with Crippen molar-refractivity contribution in [2.24, 2.45) is 0 Å². The maximum absolute atomic E-state index is 11.0. The SMILES string of the molecule is CCC(N(CCO)CCS(=O)(=O)O)S(=O)(=O)O. The van der Waals surface area contributed by atoms with Gasteiger partial charge in [0.1, 0.15) is 5.37 Å². The molecule has 0 aliphatic heterocycles. The van der Waals surface area contributed by atoms with Gasteiger partial charge in [-0.3, -0.25) is 14.0 Å². The molecule has 0 saturated heterocycles. The van der Waals surface area contributed by atoms with Gasteiger partial charge in [0.15, 0.2) is 0 Å². The van der Waals surface area contributed by atoms with Gasteiger partial charge in [0.25, 0.3) is 20.2 Å². The van der Waals surface area contributed by atoms with E-state index in [1.54, 1.807) is 0 Å². The third-order valence-corrected chi connectivity index (χ3v) is 4.14. The first-order valence-corrected chi connectivity index (χ1v) is 7.99. The van der Waals surface area contributed by atoms with E-state index in [4.69, 9.17) is 14.2 Å². The summed E-state index contributed by atoms with van der Waals surface area (Å²) < 4.78 is 60.7. The topological polar surface area (TPSA) is 132 Å². The number of rotatable bonds is 8. The van der Waals surface area contributed by atoms with Crippen LogP contribution in [0.5, 0.6) is 0 Å². The lowest BCUT2D eigenvalue weighted by molar-refractivity contribution is 0.181. The monoisotopic (exact) mass is 291 g/mol. The van der Waals surface area contributed by atoms with Crippen molar-refractivity contribution in [1.82, 2.24) is 4.90 Å². The molecule has 1 atom stereocenters. The molecule has 0 rings (SSSR count). The molecule has 0 aromatic carbocycles. The molecule has 0 spiro atoms. The Morgan fingerprint density at radius 1 is 1.12 bits per heavy atom. The average Bonchev–Trinajstić information content (AvgIpc) is 2.11. The molecule has 0 heterocycles. The van der Waals surface area contributed by atoms with Crippen LogP contribution in [-0.2, 0) is 20.2 Å². The third kappa shape index (κ3) is 6.91. The molecule has 10 heteroatoms. The second kappa shape index (κ2) is 6.61. The number of hydrogen-bond acceptors (Lipinski definition) is 6. The molecule has 0 bridgehead atoms. The molecule has 1 unspecified atom stereocenters. The van der Waals surface area contributed by atoms with E-state index in [0.29, 0.717) is 0 Å². The molecule has 0 radical (unpaired) electrons. The summed E-state index contributed by atoms with van der Waals surface area (Å²) >= 11 is 0. The highest BCUT2D eigenvalue weighted by atomic mass is 32.2. The molecule has 17 heavy (non-hydrogen) atoms. The number of nitrogens with zero attached hydrogens (tertiary/aromatic N) is 1. The fourth-order valence-corrected chi connectivity index (χ4v) is 2.89. The van der Waals surface area contributed by atoms with Crippen molar-refractivity contribution in [3.05, 3.63) is 0 Å². The molecule has 0 aromatic rings. The highest BCUT2D eigenvalue weighted by molar-refractivity contribution is 7.86. The highest BCUT2D eigenvalue weighted by Gasteiger charge is 2.28. The Labute approximate surface area is 101 Å². The van der Waals surface area contributed by atoms with Crippen LogP contribution in [0.3, 0.4) is 0 Å². The minimum Gasteiger partial charge on any atom is -0.395 e. The van der Waals surface area contributed by atoms with E-state index in [1.807, 2.05) is 0 Å². The second-order valence-electron chi connectivity index (χ2n) is 3.42. The number of aliphatic hydroxyl groups excluding tert-OH is 1. The zero-order valence-electron chi connectivity index (χ0n) is 9.35. The van der Waals surface area contributed by atoms with E-state index < -0.39 is 38.0 Å². The van der Waals surface area contributed by atoms with Crippen molar-refractivity contribution >= 4 is 20.2 Å². The number of hydrogen-bond donors (Lipinski definition) is 3. The predicted octanol–water partition coefficient (Wildman–Crippen LogP) is -1.21. The van der Waals surface area contributed by atoms with Gasteiger partial charge in [-0.2, -0.15) is 16.8 Å². The van der Waals surface area contributed by atoms with E-state index in [9.17, 15) is 16.8 Å². The predicted molar refractivity (Wildman–Crippen MR) is 60.7 cm³/mol. The fraction of sp³-hybridized carbons (Fsp3) is 1.00. The average molecular weight is 291 g/mol. The van der Waals surface area contributed by atoms with Crippen LogP contribution in [0.2, 0.25) is 0 Å². The Kier molecular flexibility index (Phi) is 6.51. The van der Waals surface area contributed by atoms with Crippen LogP contribution in [-0.4, -0.2) is 66.8 Å². The van der Waals surface area contributed by atoms with Crippen molar-refractivity contribution in [2.75, 3.05) is 25.4 Å². The van der Waals surface area contributed by atoms with Crippen LogP contribution in [0.25, 0.3) is 0 Å². The zero-order valence-corrected chi connectivity index (χ0v) is 11.0. The molecular formula is C7H17NO7S2. The van der Waals surface area contributed by atoms with Crippen LogP contribution in [0.15, 0.2) is 0 Å². The van der Waals surface area contributed by atoms with Crippen LogP contribution in [0, 0.1) is 0 Å². The first kappa shape index (κ1) is 16.7. The van der Waals surface area contributed by atoms with Crippen LogP contribution in [0.1, 0.15) is 13.3 Å². The Morgan fingerprint density at radius 3 is 1.94 bits per heavy atom. The molecule has 0 amide bonds. The molecular weight excluding hydrogens is 274 g/mol. The summed E-state index contributed by atoms with van der Waals surface area (Å²) in [6.45, 7) is 0.694. The van der Waals surface area contributed by atoms with Gasteiger partial charge in [-0.05, 0) is 6.42 Å². The lowest BCUT2D eigenvalue weighted by Crippen LogP contribution is -2.44. The molecule has 0 aliphatic carbocycles. The second-order valence-corrected chi connectivity index (χ2v) is 6.57. The summed E-state index contributed by atoms with van der Waals surface area (Å²) in [5.41, 5.74) is 0. The first-order chi connectivity index (χ1) is 7.61. The van der Waals surface area contributed by atoms with E-state index >= 15 is 0 Å². The lowest BCUT2D eigenvalue weighted by atomic mass is 10.4. The van der Waals surface area contributed by atoms with Crippen molar-refractivity contribution in [2.45, 2.75) is 18.7 Å². The Morgan fingerprint density at radius 2 is 1.65 bits per heavy atom. The molecule has 0 aliphatic rings. The van der Waals surface area contributed by atoms with Gasteiger partial charge in [-0.25, -0.2) is 0 Å². The quantitative estimate of drug-likeness (QED) is 0.475. The van der Waals surface area contributed by atoms with Crippen molar-refractivity contribution < 1.29 is 31.0 Å². The molecule has 3 N–H and O–H groups in total. The van der Waals surface area contributed by atoms with Crippen LogP contribution >= 0.6 is 0 Å². The summed E-state index contributed by atoms with van der Waals surface area (Å²) in [5.74, 6) is -0.668. The van der Waals surface area contributed by atoms with Gasteiger partial charge in [-0.1, -0.05) is 6.92 Å². The molecule has 104 valence electrons. The fourth-order valence-electron chi connectivity index (χ4n) is 1.42.